The second-order valence-electron chi connectivity index (χ2n) is 5.48. The fraction of sp³-hybridized carbons (Fsp3) is 0.100. The summed E-state index contributed by atoms with van der Waals surface area (Å²) in [7, 11) is 0. The minimum absolute atomic E-state index is 0.127. The van der Waals surface area contributed by atoms with Crippen molar-refractivity contribution in [3.8, 4) is 5.69 Å². The Bertz CT molecular complexity index is 886. The van der Waals surface area contributed by atoms with Crippen molar-refractivity contribution < 1.29 is 9.90 Å². The van der Waals surface area contributed by atoms with Gasteiger partial charge in [0, 0.05) is 29.4 Å². The number of nitrogens with zero attached hydrogens (tertiary/aromatic N) is 1. The van der Waals surface area contributed by atoms with E-state index in [0.717, 1.165) is 0 Å². The van der Waals surface area contributed by atoms with E-state index in [0.29, 0.717) is 11.3 Å². The molecule has 0 aliphatic heterocycles. The number of hydrogen-bond donors (Lipinski definition) is 1. The fourth-order valence-electron chi connectivity index (χ4n) is 2.58. The lowest BCUT2D eigenvalue weighted by Gasteiger charge is -2.12. The first-order valence-electron chi connectivity index (χ1n) is 7.70. The number of carbonyl (C=O) groups is 1. The molecule has 0 bridgehead atoms. The maximum Gasteiger partial charge on any atom is 0.260 e. The molecule has 3 rings (SSSR count). The molecule has 0 aliphatic carbocycles. The number of rotatable bonds is 5. The van der Waals surface area contributed by atoms with Gasteiger partial charge in [0.25, 0.3) is 5.56 Å². The number of ketones is 1. The van der Waals surface area contributed by atoms with Gasteiger partial charge < -0.3 is 5.11 Å². The third-order valence-corrected chi connectivity index (χ3v) is 3.84. The Labute approximate surface area is 139 Å². The summed E-state index contributed by atoms with van der Waals surface area (Å²) in [6, 6.07) is 21.2. The Morgan fingerprint density at radius 1 is 0.917 bits per heavy atom. The highest BCUT2D eigenvalue weighted by Crippen LogP contribution is 2.17. The minimum atomic E-state index is -1.14. The molecule has 0 spiro atoms. The van der Waals surface area contributed by atoms with Crippen LogP contribution in [0.4, 0.5) is 0 Å². The number of aliphatic hydroxyl groups is 1. The molecular formula is C20H17NO3. The van der Waals surface area contributed by atoms with Gasteiger partial charge in [0.05, 0.1) is 6.10 Å². The molecule has 0 saturated heterocycles. The van der Waals surface area contributed by atoms with Crippen LogP contribution in [-0.2, 0) is 0 Å². The van der Waals surface area contributed by atoms with Crippen molar-refractivity contribution in [3.05, 3.63) is 100 Å². The van der Waals surface area contributed by atoms with Gasteiger partial charge in [-0.2, -0.15) is 0 Å². The van der Waals surface area contributed by atoms with E-state index in [1.54, 1.807) is 42.6 Å². The van der Waals surface area contributed by atoms with Crippen molar-refractivity contribution >= 4 is 5.78 Å². The number of benzene rings is 2. The van der Waals surface area contributed by atoms with Gasteiger partial charge in [-0.05, 0) is 24.3 Å². The molecule has 0 fully saturated rings. The number of carbonyl (C=O) groups excluding carboxylic acids is 1. The summed E-state index contributed by atoms with van der Waals surface area (Å²) in [5, 5.41) is 10.4. The van der Waals surface area contributed by atoms with E-state index in [2.05, 4.69) is 0 Å². The summed E-state index contributed by atoms with van der Waals surface area (Å²) in [6.07, 6.45) is 0.381. The summed E-state index contributed by atoms with van der Waals surface area (Å²) in [6.45, 7) is 0. The van der Waals surface area contributed by atoms with Gasteiger partial charge in [-0.1, -0.05) is 48.5 Å². The number of pyridine rings is 1. The topological polar surface area (TPSA) is 59.3 Å². The van der Waals surface area contributed by atoms with E-state index >= 15 is 0 Å². The van der Waals surface area contributed by atoms with Crippen molar-refractivity contribution in [2.24, 2.45) is 0 Å². The van der Waals surface area contributed by atoms with E-state index in [9.17, 15) is 14.7 Å². The average molecular weight is 319 g/mol. The highest BCUT2D eigenvalue weighted by molar-refractivity contribution is 5.96. The Balaban J connectivity index is 1.87. The SMILES string of the molecule is O=C(CC(O)c1cccn(-c2ccccc2)c1=O)c1ccccc1. The summed E-state index contributed by atoms with van der Waals surface area (Å²) in [5.41, 5.74) is 1.13. The maximum atomic E-state index is 12.6. The molecule has 0 amide bonds. The lowest BCUT2D eigenvalue weighted by Crippen LogP contribution is -2.24. The van der Waals surface area contributed by atoms with Gasteiger partial charge in [0.15, 0.2) is 5.78 Å². The number of hydrogen-bond acceptors (Lipinski definition) is 3. The lowest BCUT2D eigenvalue weighted by atomic mass is 10.0. The number of aromatic nitrogens is 1. The molecule has 1 N–H and O–H groups in total. The quantitative estimate of drug-likeness (QED) is 0.735. The van der Waals surface area contributed by atoms with E-state index in [1.165, 1.54) is 4.57 Å². The van der Waals surface area contributed by atoms with Crippen LogP contribution in [0.15, 0.2) is 83.8 Å². The van der Waals surface area contributed by atoms with Crippen LogP contribution in [0.25, 0.3) is 5.69 Å². The van der Waals surface area contributed by atoms with Crippen LogP contribution >= 0.6 is 0 Å². The van der Waals surface area contributed by atoms with Gasteiger partial charge in [0.1, 0.15) is 0 Å². The van der Waals surface area contributed by atoms with Gasteiger partial charge >= 0.3 is 0 Å². The van der Waals surface area contributed by atoms with Crippen LogP contribution in [0.2, 0.25) is 0 Å². The molecule has 2 aromatic carbocycles. The normalized spacial score (nSPS) is 11.9. The first kappa shape index (κ1) is 15.9. The monoisotopic (exact) mass is 319 g/mol. The van der Waals surface area contributed by atoms with Crippen LogP contribution in [0, 0.1) is 0 Å². The predicted octanol–water partition coefficient (Wildman–Crippen LogP) is 3.14. The number of para-hydroxylation sites is 1. The summed E-state index contributed by atoms with van der Waals surface area (Å²) in [4.78, 5) is 24.8. The van der Waals surface area contributed by atoms with Gasteiger partial charge in [0.2, 0.25) is 0 Å². The fourth-order valence-corrected chi connectivity index (χ4v) is 2.58. The van der Waals surface area contributed by atoms with Crippen molar-refractivity contribution in [2.45, 2.75) is 12.5 Å². The van der Waals surface area contributed by atoms with E-state index in [4.69, 9.17) is 0 Å². The van der Waals surface area contributed by atoms with Gasteiger partial charge in [-0.25, -0.2) is 0 Å². The van der Waals surface area contributed by atoms with Crippen LogP contribution in [0.5, 0.6) is 0 Å². The standard InChI is InChI=1S/C20H17NO3/c22-18(15-8-3-1-4-9-15)14-19(23)17-12-7-13-21(20(17)24)16-10-5-2-6-11-16/h1-13,19,23H,14H2. The Morgan fingerprint density at radius 3 is 2.21 bits per heavy atom. The molecule has 1 unspecified atom stereocenters. The van der Waals surface area contributed by atoms with Crippen molar-refractivity contribution in [2.75, 3.05) is 0 Å². The molecule has 0 aliphatic rings. The van der Waals surface area contributed by atoms with E-state index < -0.39 is 6.10 Å². The Kier molecular flexibility index (Phi) is 4.68. The number of aliphatic hydroxyl groups excluding tert-OH is 1. The highest BCUT2D eigenvalue weighted by Gasteiger charge is 2.18. The third kappa shape index (κ3) is 3.34. The molecule has 24 heavy (non-hydrogen) atoms. The molecule has 1 aromatic heterocycles. The van der Waals surface area contributed by atoms with Gasteiger partial charge in [-0.15, -0.1) is 0 Å². The highest BCUT2D eigenvalue weighted by atomic mass is 16.3. The molecule has 0 saturated carbocycles. The summed E-state index contributed by atoms with van der Waals surface area (Å²) in [5.74, 6) is -0.197. The zero-order valence-corrected chi connectivity index (χ0v) is 13.0. The second kappa shape index (κ2) is 7.06. The molecular weight excluding hydrogens is 302 g/mol. The molecule has 4 nitrogen and oxygen atoms in total. The molecule has 3 aromatic rings. The minimum Gasteiger partial charge on any atom is -0.388 e. The van der Waals surface area contributed by atoms with Crippen LogP contribution in [-0.4, -0.2) is 15.5 Å². The molecule has 1 heterocycles. The average Bonchev–Trinajstić information content (AvgIpc) is 2.63. The Morgan fingerprint density at radius 2 is 1.54 bits per heavy atom. The zero-order valence-electron chi connectivity index (χ0n) is 13.0. The third-order valence-electron chi connectivity index (χ3n) is 3.84. The van der Waals surface area contributed by atoms with Gasteiger partial charge in [-0.3, -0.25) is 14.2 Å². The van der Waals surface area contributed by atoms with Crippen LogP contribution in [0.1, 0.15) is 28.4 Å². The second-order valence-corrected chi connectivity index (χ2v) is 5.48. The summed E-state index contributed by atoms with van der Waals surface area (Å²) >= 11 is 0. The van der Waals surface area contributed by atoms with Crippen molar-refractivity contribution in [1.29, 1.82) is 0 Å². The predicted molar refractivity (Wildman–Crippen MR) is 92.4 cm³/mol. The summed E-state index contributed by atoms with van der Waals surface area (Å²) < 4.78 is 1.46. The lowest BCUT2D eigenvalue weighted by molar-refractivity contribution is 0.0878. The Hall–Kier alpha value is -2.98. The zero-order chi connectivity index (χ0) is 16.9. The van der Waals surface area contributed by atoms with E-state index in [-0.39, 0.29) is 23.3 Å². The van der Waals surface area contributed by atoms with Crippen LogP contribution < -0.4 is 5.56 Å². The maximum absolute atomic E-state index is 12.6. The molecule has 1 atom stereocenters. The molecule has 0 radical (unpaired) electrons. The van der Waals surface area contributed by atoms with Crippen molar-refractivity contribution in [1.82, 2.24) is 4.57 Å². The smallest absolute Gasteiger partial charge is 0.260 e. The first-order chi connectivity index (χ1) is 11.7. The van der Waals surface area contributed by atoms with Crippen LogP contribution in [0.3, 0.4) is 0 Å². The number of Topliss-reactive ketones (excluding diaryl/α,β-unsaturated/α-hetero) is 1. The largest absolute Gasteiger partial charge is 0.388 e. The van der Waals surface area contributed by atoms with E-state index in [1.807, 2.05) is 36.4 Å². The molecule has 120 valence electrons. The van der Waals surface area contributed by atoms with Crippen molar-refractivity contribution in [3.63, 3.8) is 0 Å². The first-order valence-corrected chi connectivity index (χ1v) is 7.70. The molecule has 4 heteroatoms.